The van der Waals surface area contributed by atoms with Crippen molar-refractivity contribution in [3.8, 4) is 0 Å². The van der Waals surface area contributed by atoms with Crippen molar-refractivity contribution in [1.82, 2.24) is 10.2 Å². The van der Waals surface area contributed by atoms with Crippen LogP contribution in [0.1, 0.15) is 40.2 Å². The molecule has 120 valence electrons. The summed E-state index contributed by atoms with van der Waals surface area (Å²) in [4.78, 5) is 25.8. The number of fused-ring (bicyclic) bond motifs is 5. The predicted octanol–water partition coefficient (Wildman–Crippen LogP) is 2.46. The summed E-state index contributed by atoms with van der Waals surface area (Å²) in [6, 6.07) is 7.17. The number of nitrogens with one attached hydrogen (secondary N) is 1. The fourth-order valence-electron chi connectivity index (χ4n) is 3.83. The third-order valence-electron chi connectivity index (χ3n) is 5.05. The first-order valence-electron chi connectivity index (χ1n) is 8.23. The van der Waals surface area contributed by atoms with Crippen LogP contribution in [0, 0.1) is 5.92 Å². The number of rotatable bonds is 3. The van der Waals surface area contributed by atoms with Crippen LogP contribution in [0.15, 0.2) is 28.7 Å². The molecule has 0 radical (unpaired) electrons. The van der Waals surface area contributed by atoms with Crippen molar-refractivity contribution in [2.75, 3.05) is 19.6 Å². The minimum atomic E-state index is -0.0479. The Balaban J connectivity index is 1.51. The lowest BCUT2D eigenvalue weighted by molar-refractivity contribution is 0.0928. The second kappa shape index (κ2) is 5.81. The topological polar surface area (TPSA) is 62.6 Å². The van der Waals surface area contributed by atoms with Crippen LogP contribution in [-0.4, -0.2) is 42.8 Å². The lowest BCUT2D eigenvalue weighted by atomic mass is 9.94. The maximum atomic E-state index is 12.5. The van der Waals surface area contributed by atoms with Crippen molar-refractivity contribution < 1.29 is 14.0 Å². The Morgan fingerprint density at radius 3 is 2.87 bits per heavy atom. The monoisotopic (exact) mass is 312 g/mol. The van der Waals surface area contributed by atoms with E-state index in [0.29, 0.717) is 17.4 Å². The lowest BCUT2D eigenvalue weighted by Gasteiger charge is -2.26. The average molecular weight is 312 g/mol. The zero-order chi connectivity index (χ0) is 15.8. The molecule has 0 spiro atoms. The number of carbonyl (C=O) groups excluding carboxylic acids is 2. The largest absolute Gasteiger partial charge is 0.453 e. The van der Waals surface area contributed by atoms with Crippen LogP contribution in [0.25, 0.3) is 11.0 Å². The minimum absolute atomic E-state index is 0.0479. The molecule has 1 aromatic carbocycles. The first-order valence-corrected chi connectivity index (χ1v) is 8.23. The van der Waals surface area contributed by atoms with E-state index >= 15 is 0 Å². The Morgan fingerprint density at radius 2 is 2.09 bits per heavy atom. The molecule has 3 aliphatic heterocycles. The second-order valence-corrected chi connectivity index (χ2v) is 6.67. The van der Waals surface area contributed by atoms with Gasteiger partial charge >= 0.3 is 0 Å². The van der Waals surface area contributed by atoms with E-state index in [1.807, 2.05) is 0 Å². The number of piperidine rings is 1. The standard InChI is InChI=1S/C18H20N2O3/c21-11-16-9-14-8-13(1-2-17(14)23-16)18(22)19-15-7-12-3-5-20(10-15)6-4-12/h1-2,8-9,11-12,15H,3-7,10H2,(H,19,22)/t15-/m1/s1. The molecular weight excluding hydrogens is 292 g/mol. The van der Waals surface area contributed by atoms with E-state index < -0.39 is 0 Å². The number of amides is 1. The number of aldehydes is 1. The second-order valence-electron chi connectivity index (χ2n) is 6.67. The van der Waals surface area contributed by atoms with Gasteiger partial charge in [0.05, 0.1) is 0 Å². The van der Waals surface area contributed by atoms with Crippen molar-refractivity contribution in [2.45, 2.75) is 25.3 Å². The Morgan fingerprint density at radius 1 is 1.26 bits per heavy atom. The molecule has 1 atom stereocenters. The molecule has 5 nitrogen and oxygen atoms in total. The quantitative estimate of drug-likeness (QED) is 0.884. The molecule has 23 heavy (non-hydrogen) atoms. The smallest absolute Gasteiger partial charge is 0.251 e. The highest BCUT2D eigenvalue weighted by molar-refractivity contribution is 5.98. The van der Waals surface area contributed by atoms with Crippen molar-refractivity contribution >= 4 is 23.2 Å². The molecule has 3 saturated heterocycles. The van der Waals surface area contributed by atoms with Crippen LogP contribution >= 0.6 is 0 Å². The van der Waals surface area contributed by atoms with Gasteiger partial charge in [-0.3, -0.25) is 9.59 Å². The van der Waals surface area contributed by atoms with Crippen molar-refractivity contribution in [2.24, 2.45) is 5.92 Å². The highest BCUT2D eigenvalue weighted by Gasteiger charge is 2.29. The zero-order valence-corrected chi connectivity index (χ0v) is 13.0. The summed E-state index contributed by atoms with van der Waals surface area (Å²) < 4.78 is 5.35. The normalized spacial score (nSPS) is 26.9. The van der Waals surface area contributed by atoms with Gasteiger partial charge in [0.2, 0.25) is 0 Å². The molecule has 1 aromatic heterocycles. The first-order chi connectivity index (χ1) is 11.2. The van der Waals surface area contributed by atoms with Gasteiger partial charge in [0.1, 0.15) is 5.58 Å². The van der Waals surface area contributed by atoms with E-state index in [4.69, 9.17) is 4.42 Å². The highest BCUT2D eigenvalue weighted by atomic mass is 16.3. The van der Waals surface area contributed by atoms with Crippen molar-refractivity contribution in [1.29, 1.82) is 0 Å². The molecule has 1 amide bonds. The number of furan rings is 1. The number of carbonyl (C=O) groups is 2. The van der Waals surface area contributed by atoms with E-state index in [-0.39, 0.29) is 17.7 Å². The molecular formula is C18H20N2O3. The Labute approximate surface area is 134 Å². The molecule has 5 rings (SSSR count). The summed E-state index contributed by atoms with van der Waals surface area (Å²) in [6.45, 7) is 3.27. The number of hydrogen-bond acceptors (Lipinski definition) is 4. The molecule has 1 N–H and O–H groups in total. The Bertz CT molecular complexity index is 730. The van der Waals surface area contributed by atoms with Gasteiger partial charge in [0.25, 0.3) is 5.91 Å². The van der Waals surface area contributed by atoms with Gasteiger partial charge in [0.15, 0.2) is 12.0 Å². The molecule has 0 saturated carbocycles. The van der Waals surface area contributed by atoms with E-state index in [1.54, 1.807) is 24.3 Å². The van der Waals surface area contributed by atoms with Crippen LogP contribution < -0.4 is 5.32 Å². The third-order valence-corrected chi connectivity index (χ3v) is 5.05. The zero-order valence-electron chi connectivity index (χ0n) is 13.0. The van der Waals surface area contributed by atoms with Gasteiger partial charge in [-0.25, -0.2) is 0 Å². The van der Waals surface area contributed by atoms with Gasteiger partial charge in [-0.05, 0) is 62.5 Å². The van der Waals surface area contributed by atoms with E-state index in [2.05, 4.69) is 10.2 Å². The molecule has 5 heteroatoms. The molecule has 2 aromatic rings. The van der Waals surface area contributed by atoms with Crippen LogP contribution in [0.5, 0.6) is 0 Å². The van der Waals surface area contributed by atoms with Crippen LogP contribution in [0.2, 0.25) is 0 Å². The number of hydrogen-bond donors (Lipinski definition) is 1. The summed E-state index contributed by atoms with van der Waals surface area (Å²) in [5.74, 6) is 0.976. The van der Waals surface area contributed by atoms with Gasteiger partial charge < -0.3 is 14.6 Å². The summed E-state index contributed by atoms with van der Waals surface area (Å²) in [7, 11) is 0. The summed E-state index contributed by atoms with van der Waals surface area (Å²) in [5.41, 5.74) is 1.24. The molecule has 4 heterocycles. The Kier molecular flexibility index (Phi) is 3.65. The van der Waals surface area contributed by atoms with Crippen LogP contribution in [0.3, 0.4) is 0 Å². The number of nitrogens with zero attached hydrogens (tertiary/aromatic N) is 1. The van der Waals surface area contributed by atoms with Crippen LogP contribution in [-0.2, 0) is 0 Å². The fraction of sp³-hybridized carbons (Fsp3) is 0.444. The van der Waals surface area contributed by atoms with Gasteiger partial charge in [-0.1, -0.05) is 0 Å². The Hall–Kier alpha value is -2.14. The molecule has 2 bridgehead atoms. The van der Waals surface area contributed by atoms with Gasteiger partial charge in [0, 0.05) is 23.5 Å². The van der Waals surface area contributed by atoms with Crippen molar-refractivity contribution in [3.63, 3.8) is 0 Å². The average Bonchev–Trinajstić information content (AvgIpc) is 2.77. The van der Waals surface area contributed by atoms with E-state index in [9.17, 15) is 9.59 Å². The number of benzene rings is 1. The molecule has 3 fully saturated rings. The summed E-state index contributed by atoms with van der Waals surface area (Å²) in [5, 5.41) is 3.96. The minimum Gasteiger partial charge on any atom is -0.453 e. The molecule has 0 unspecified atom stereocenters. The lowest BCUT2D eigenvalue weighted by Crippen LogP contribution is -2.41. The SMILES string of the molecule is O=Cc1cc2cc(C(=O)N[C@@H]3CC4CCN(CC4)C3)ccc2o1. The maximum Gasteiger partial charge on any atom is 0.251 e. The van der Waals surface area contributed by atoms with E-state index in [1.165, 1.54) is 12.8 Å². The van der Waals surface area contributed by atoms with Gasteiger partial charge in [-0.15, -0.1) is 0 Å². The highest BCUT2D eigenvalue weighted by Crippen LogP contribution is 2.27. The van der Waals surface area contributed by atoms with E-state index in [0.717, 1.165) is 37.4 Å². The van der Waals surface area contributed by atoms with Crippen LogP contribution in [0.4, 0.5) is 0 Å². The first kappa shape index (κ1) is 14.5. The van der Waals surface area contributed by atoms with Gasteiger partial charge in [-0.2, -0.15) is 0 Å². The predicted molar refractivity (Wildman–Crippen MR) is 86.6 cm³/mol. The summed E-state index contributed by atoms with van der Waals surface area (Å²) in [6.07, 6.45) is 4.25. The molecule has 0 aliphatic carbocycles. The van der Waals surface area contributed by atoms with Crippen molar-refractivity contribution in [3.05, 3.63) is 35.6 Å². The summed E-state index contributed by atoms with van der Waals surface area (Å²) >= 11 is 0. The fourth-order valence-corrected chi connectivity index (χ4v) is 3.83. The third kappa shape index (κ3) is 2.88. The molecule has 3 aliphatic rings. The maximum absolute atomic E-state index is 12.5.